The van der Waals surface area contributed by atoms with Crippen LogP contribution in [0, 0.1) is 23.2 Å². The highest BCUT2D eigenvalue weighted by molar-refractivity contribution is 5.68. The van der Waals surface area contributed by atoms with Gasteiger partial charge >= 0.3 is 5.97 Å². The fraction of sp³-hybridized carbons (Fsp3) is 0.917. The van der Waals surface area contributed by atoms with Crippen LogP contribution < -0.4 is 5.73 Å². The maximum atomic E-state index is 14.2. The average Bonchev–Trinajstić information content (AvgIpc) is 2.37. The van der Waals surface area contributed by atoms with Crippen LogP contribution in [0.5, 0.6) is 0 Å². The smallest absolute Gasteiger partial charge is 0.303 e. The molecule has 0 aliphatic heterocycles. The van der Waals surface area contributed by atoms with E-state index in [0.717, 1.165) is 6.42 Å². The molecule has 90 valence electrons. The second-order valence-corrected chi connectivity index (χ2v) is 5.98. The van der Waals surface area contributed by atoms with Gasteiger partial charge in [-0.25, -0.2) is 4.39 Å². The number of hydrogen-bond acceptors (Lipinski definition) is 2. The van der Waals surface area contributed by atoms with E-state index in [1.807, 2.05) is 0 Å². The summed E-state index contributed by atoms with van der Waals surface area (Å²) in [5, 5.41) is 9.01. The van der Waals surface area contributed by atoms with E-state index in [1.165, 1.54) is 0 Å². The number of carboxylic acids is 1. The second-order valence-electron chi connectivity index (χ2n) is 5.98. The molecule has 3 aliphatic rings. The van der Waals surface area contributed by atoms with Gasteiger partial charge in [-0.3, -0.25) is 4.79 Å². The third-order valence-corrected chi connectivity index (χ3v) is 5.46. The van der Waals surface area contributed by atoms with Crippen molar-refractivity contribution in [1.82, 2.24) is 0 Å². The molecule has 0 aromatic carbocycles. The lowest BCUT2D eigenvalue weighted by atomic mass is 9.45. The highest BCUT2D eigenvalue weighted by atomic mass is 19.1. The molecule has 16 heavy (non-hydrogen) atoms. The largest absolute Gasteiger partial charge is 0.481 e. The Kier molecular flexibility index (Phi) is 1.95. The number of hydrogen-bond donors (Lipinski definition) is 2. The maximum Gasteiger partial charge on any atom is 0.303 e. The lowest BCUT2D eigenvalue weighted by Crippen LogP contribution is -2.59. The van der Waals surface area contributed by atoms with Crippen molar-refractivity contribution in [3.8, 4) is 0 Å². The summed E-state index contributed by atoms with van der Waals surface area (Å²) in [6.45, 7) is 0.404. The van der Waals surface area contributed by atoms with Gasteiger partial charge in [-0.1, -0.05) is 0 Å². The zero-order chi connectivity index (χ0) is 11.6. The van der Waals surface area contributed by atoms with Crippen LogP contribution in [0.15, 0.2) is 0 Å². The van der Waals surface area contributed by atoms with Gasteiger partial charge in [0.25, 0.3) is 0 Å². The van der Waals surface area contributed by atoms with Gasteiger partial charge in [0.2, 0.25) is 0 Å². The Hall–Kier alpha value is -0.640. The molecule has 2 bridgehead atoms. The molecule has 5 atom stereocenters. The Bertz CT molecular complexity index is 348. The number of fused-ring (bicyclic) bond motifs is 1. The van der Waals surface area contributed by atoms with Crippen molar-refractivity contribution in [2.45, 2.75) is 37.8 Å². The number of carbonyl (C=O) groups is 1. The maximum absolute atomic E-state index is 14.2. The summed E-state index contributed by atoms with van der Waals surface area (Å²) in [4.78, 5) is 11.0. The van der Waals surface area contributed by atoms with Crippen LogP contribution in [0.1, 0.15) is 32.1 Å². The first-order valence-electron chi connectivity index (χ1n) is 6.12. The van der Waals surface area contributed by atoms with E-state index in [4.69, 9.17) is 10.8 Å². The highest BCUT2D eigenvalue weighted by Gasteiger charge is 2.70. The normalized spacial score (nSPS) is 53.5. The summed E-state index contributed by atoms with van der Waals surface area (Å²) in [5.41, 5.74) is 4.53. The minimum atomic E-state index is -0.999. The summed E-state index contributed by atoms with van der Waals surface area (Å²) >= 11 is 0. The Morgan fingerprint density at radius 1 is 1.44 bits per heavy atom. The molecule has 0 heterocycles. The summed E-state index contributed by atoms with van der Waals surface area (Å²) in [5.74, 6) is 0.227. The predicted octanol–water partition coefficient (Wildman–Crippen LogP) is 1.56. The van der Waals surface area contributed by atoms with Crippen LogP contribution in [0.3, 0.4) is 0 Å². The average molecular weight is 227 g/mol. The van der Waals surface area contributed by atoms with E-state index in [9.17, 15) is 9.18 Å². The van der Waals surface area contributed by atoms with Crippen molar-refractivity contribution in [1.29, 1.82) is 0 Å². The number of aliphatic carboxylic acids is 1. The Labute approximate surface area is 94.2 Å². The van der Waals surface area contributed by atoms with Crippen LogP contribution in [-0.2, 0) is 4.79 Å². The first kappa shape index (κ1) is 10.5. The van der Waals surface area contributed by atoms with Gasteiger partial charge in [-0.15, -0.1) is 0 Å². The van der Waals surface area contributed by atoms with Crippen molar-refractivity contribution in [2.75, 3.05) is 6.54 Å². The van der Waals surface area contributed by atoms with Crippen LogP contribution in [0.2, 0.25) is 0 Å². The second kappa shape index (κ2) is 2.97. The summed E-state index contributed by atoms with van der Waals surface area (Å²) in [7, 11) is 0. The van der Waals surface area contributed by atoms with Crippen LogP contribution in [0.25, 0.3) is 0 Å². The van der Waals surface area contributed by atoms with E-state index in [1.54, 1.807) is 0 Å². The standard InChI is InChI=1S/C12H18FNO2/c13-11-2-1-8-7(3-11)9(4-11)12(8,6-14)5-10(15)16/h7-9H,1-6,14H2,(H,15,16)/t7-,8?,9-,11+,12-/m0/s1. The number of nitrogens with two attached hydrogens (primary N) is 1. The molecule has 3 N–H and O–H groups in total. The highest BCUT2D eigenvalue weighted by Crippen LogP contribution is 2.72. The lowest BCUT2D eigenvalue weighted by molar-refractivity contribution is -0.156. The van der Waals surface area contributed by atoms with Gasteiger partial charge in [0.1, 0.15) is 5.67 Å². The molecule has 1 unspecified atom stereocenters. The van der Waals surface area contributed by atoms with Crippen molar-refractivity contribution in [3.05, 3.63) is 0 Å². The first-order valence-corrected chi connectivity index (χ1v) is 6.12. The molecule has 0 saturated heterocycles. The van der Waals surface area contributed by atoms with Crippen molar-refractivity contribution in [2.24, 2.45) is 28.9 Å². The summed E-state index contributed by atoms with van der Waals surface area (Å²) in [6, 6.07) is 0. The molecule has 3 fully saturated rings. The molecule has 4 heteroatoms. The van der Waals surface area contributed by atoms with Crippen molar-refractivity contribution >= 4 is 5.97 Å². The van der Waals surface area contributed by atoms with Crippen LogP contribution >= 0.6 is 0 Å². The first-order chi connectivity index (χ1) is 7.51. The van der Waals surface area contributed by atoms with Crippen LogP contribution in [-0.4, -0.2) is 23.3 Å². The minimum absolute atomic E-state index is 0.130. The van der Waals surface area contributed by atoms with Gasteiger partial charge in [-0.2, -0.15) is 0 Å². The predicted molar refractivity (Wildman–Crippen MR) is 56.5 cm³/mol. The van der Waals surface area contributed by atoms with Gasteiger partial charge in [0.05, 0.1) is 6.42 Å². The minimum Gasteiger partial charge on any atom is -0.481 e. The molecule has 0 radical (unpaired) electrons. The molecule has 3 rings (SSSR count). The van der Waals surface area contributed by atoms with E-state index in [0.29, 0.717) is 37.6 Å². The number of carboxylic acid groups (broad SMARTS) is 1. The molecule has 3 nitrogen and oxygen atoms in total. The molecule has 0 aromatic rings. The molecular formula is C12H18FNO2. The quantitative estimate of drug-likeness (QED) is 0.769. The zero-order valence-electron chi connectivity index (χ0n) is 9.29. The lowest BCUT2D eigenvalue weighted by Gasteiger charge is -2.59. The Morgan fingerprint density at radius 2 is 2.19 bits per heavy atom. The Morgan fingerprint density at radius 3 is 2.81 bits per heavy atom. The topological polar surface area (TPSA) is 63.3 Å². The fourth-order valence-electron chi connectivity index (χ4n) is 4.87. The zero-order valence-corrected chi connectivity index (χ0v) is 9.29. The molecular weight excluding hydrogens is 209 g/mol. The van der Waals surface area contributed by atoms with Crippen molar-refractivity contribution < 1.29 is 14.3 Å². The van der Waals surface area contributed by atoms with E-state index < -0.39 is 11.6 Å². The SMILES string of the molecule is NC[C@@]1(CC(=O)O)C2CC[C@@]3(F)C[C@@H]2[C@@H]1C3. The number of rotatable bonds is 3. The van der Waals surface area contributed by atoms with E-state index >= 15 is 0 Å². The monoisotopic (exact) mass is 227 g/mol. The van der Waals surface area contributed by atoms with E-state index in [2.05, 4.69) is 0 Å². The molecule has 0 aromatic heterocycles. The summed E-state index contributed by atoms with van der Waals surface area (Å²) < 4.78 is 14.2. The van der Waals surface area contributed by atoms with Gasteiger partial charge in [0.15, 0.2) is 0 Å². The van der Waals surface area contributed by atoms with E-state index in [-0.39, 0.29) is 17.8 Å². The van der Waals surface area contributed by atoms with Gasteiger partial charge in [-0.05, 0) is 55.4 Å². The third-order valence-electron chi connectivity index (χ3n) is 5.46. The molecule has 0 amide bonds. The van der Waals surface area contributed by atoms with Crippen LogP contribution in [0.4, 0.5) is 4.39 Å². The third kappa shape index (κ3) is 1.09. The van der Waals surface area contributed by atoms with Gasteiger partial charge in [0, 0.05) is 0 Å². The number of alkyl halides is 1. The molecule has 0 spiro atoms. The number of halogens is 1. The molecule has 3 aliphatic carbocycles. The molecule has 3 saturated carbocycles. The van der Waals surface area contributed by atoms with Crippen molar-refractivity contribution in [3.63, 3.8) is 0 Å². The van der Waals surface area contributed by atoms with Gasteiger partial charge < -0.3 is 10.8 Å². The summed E-state index contributed by atoms with van der Waals surface area (Å²) in [6.07, 6.45) is 2.79. The Balaban J connectivity index is 1.90. The fourth-order valence-corrected chi connectivity index (χ4v) is 4.87.